The molecule has 1 N–H and O–H groups in total. The van der Waals surface area contributed by atoms with Gasteiger partial charge in [-0.05, 0) is 43.2 Å². The predicted molar refractivity (Wildman–Crippen MR) is 113 cm³/mol. The molecule has 1 aliphatic carbocycles. The van der Waals surface area contributed by atoms with Gasteiger partial charge in [-0.25, -0.2) is 13.2 Å². The third kappa shape index (κ3) is 3.92. The number of benzene rings is 1. The molecule has 2 aromatic rings. The second-order valence-corrected chi connectivity index (χ2v) is 10.6. The molecule has 1 saturated carbocycles. The van der Waals surface area contributed by atoms with Gasteiger partial charge in [0.05, 0.1) is 10.4 Å². The summed E-state index contributed by atoms with van der Waals surface area (Å²) in [4.78, 5) is 25.1. The number of nitrogens with one attached hydrogen (secondary N) is 1. The Morgan fingerprint density at radius 1 is 1.17 bits per heavy atom. The molecule has 0 unspecified atom stereocenters. The van der Waals surface area contributed by atoms with Crippen molar-refractivity contribution in [3.63, 3.8) is 0 Å². The van der Waals surface area contributed by atoms with E-state index in [9.17, 15) is 18.0 Å². The minimum atomic E-state index is -3.60. The van der Waals surface area contributed by atoms with Crippen LogP contribution in [0.1, 0.15) is 46.0 Å². The van der Waals surface area contributed by atoms with Gasteiger partial charge in [-0.15, -0.1) is 0 Å². The number of amides is 1. The van der Waals surface area contributed by atoms with Gasteiger partial charge in [-0.3, -0.25) is 9.36 Å². The zero-order chi connectivity index (χ0) is 21.5. The molecule has 30 heavy (non-hydrogen) atoms. The van der Waals surface area contributed by atoms with Crippen molar-refractivity contribution in [1.82, 2.24) is 14.2 Å². The molecule has 0 spiro atoms. The number of sulfonamides is 1. The molecular formula is C21H29N3O5S. The Labute approximate surface area is 176 Å². The monoisotopic (exact) mass is 435 g/mol. The Morgan fingerprint density at radius 2 is 1.90 bits per heavy atom. The van der Waals surface area contributed by atoms with E-state index in [-0.39, 0.29) is 29.0 Å². The molecule has 1 aromatic carbocycles. The van der Waals surface area contributed by atoms with Gasteiger partial charge in [0.25, 0.3) is 0 Å². The summed E-state index contributed by atoms with van der Waals surface area (Å²) in [5.41, 5.74) is 0.591. The van der Waals surface area contributed by atoms with Crippen molar-refractivity contribution in [2.24, 2.45) is 11.8 Å². The van der Waals surface area contributed by atoms with E-state index in [2.05, 4.69) is 19.2 Å². The van der Waals surface area contributed by atoms with E-state index < -0.39 is 15.8 Å². The van der Waals surface area contributed by atoms with Crippen molar-refractivity contribution >= 4 is 27.0 Å². The summed E-state index contributed by atoms with van der Waals surface area (Å²) in [6.07, 6.45) is 4.89. The van der Waals surface area contributed by atoms with Gasteiger partial charge in [-0.1, -0.05) is 26.7 Å². The first-order valence-electron chi connectivity index (χ1n) is 10.7. The van der Waals surface area contributed by atoms with Crippen LogP contribution in [-0.4, -0.2) is 42.3 Å². The van der Waals surface area contributed by atoms with Crippen molar-refractivity contribution in [2.45, 2.75) is 63.4 Å². The Morgan fingerprint density at radius 3 is 2.63 bits per heavy atom. The van der Waals surface area contributed by atoms with Gasteiger partial charge in [0.1, 0.15) is 6.54 Å². The summed E-state index contributed by atoms with van der Waals surface area (Å²) in [7, 11) is -3.60. The summed E-state index contributed by atoms with van der Waals surface area (Å²) in [5, 5.41) is 3.06. The number of rotatable bonds is 5. The molecule has 164 valence electrons. The second kappa shape index (κ2) is 8.19. The molecule has 9 heteroatoms. The minimum absolute atomic E-state index is 0.104. The topological polar surface area (TPSA) is 102 Å². The van der Waals surface area contributed by atoms with Crippen LogP contribution in [0.4, 0.5) is 0 Å². The molecule has 1 amide bonds. The van der Waals surface area contributed by atoms with Crippen LogP contribution in [0.3, 0.4) is 0 Å². The third-order valence-corrected chi connectivity index (χ3v) is 8.59. The van der Waals surface area contributed by atoms with Gasteiger partial charge >= 0.3 is 5.76 Å². The van der Waals surface area contributed by atoms with Crippen LogP contribution in [0, 0.1) is 11.8 Å². The average molecular weight is 436 g/mol. The lowest BCUT2D eigenvalue weighted by atomic mass is 9.78. The van der Waals surface area contributed by atoms with Crippen molar-refractivity contribution in [3.8, 4) is 0 Å². The van der Waals surface area contributed by atoms with E-state index in [1.54, 1.807) is 6.07 Å². The molecule has 0 bridgehead atoms. The van der Waals surface area contributed by atoms with Crippen molar-refractivity contribution in [3.05, 3.63) is 28.7 Å². The van der Waals surface area contributed by atoms with Crippen LogP contribution in [0.2, 0.25) is 0 Å². The fourth-order valence-electron chi connectivity index (χ4n) is 4.62. The number of carbonyl (C=O) groups excluding carboxylic acids is 1. The zero-order valence-corrected chi connectivity index (χ0v) is 18.3. The first-order valence-corrected chi connectivity index (χ1v) is 12.1. The lowest BCUT2D eigenvalue weighted by Gasteiger charge is -2.34. The number of carbonyl (C=O) groups is 1. The van der Waals surface area contributed by atoms with Crippen molar-refractivity contribution in [1.29, 1.82) is 0 Å². The molecule has 8 nitrogen and oxygen atoms in total. The normalized spacial score (nSPS) is 25.6. The minimum Gasteiger partial charge on any atom is -0.408 e. The first-order chi connectivity index (χ1) is 14.3. The number of nitrogens with zero attached hydrogens (tertiary/aromatic N) is 2. The lowest BCUT2D eigenvalue weighted by Crippen LogP contribution is -2.45. The van der Waals surface area contributed by atoms with E-state index in [1.165, 1.54) is 27.4 Å². The first kappa shape index (κ1) is 21.1. The van der Waals surface area contributed by atoms with Crippen LogP contribution in [0.25, 0.3) is 11.1 Å². The number of hydrogen-bond donors (Lipinski definition) is 1. The van der Waals surface area contributed by atoms with Crippen molar-refractivity contribution < 1.29 is 17.6 Å². The maximum absolute atomic E-state index is 12.8. The standard InChI is InChI=1S/C21H29N3O5S/c1-14-6-5-7-17(15(14)2)22-20(25)13-24-18-9-8-16(12-19(18)29-21(24)26)30(27,28)23-10-3-4-11-23/h8-9,12,14-15,17H,3-7,10-11,13H2,1-2H3,(H,22,25)/t14-,15+,17+/m1/s1. The molecule has 1 aliphatic heterocycles. The Balaban J connectivity index is 1.54. The predicted octanol–water partition coefficient (Wildman–Crippen LogP) is 2.32. The molecule has 4 rings (SSSR count). The summed E-state index contributed by atoms with van der Waals surface area (Å²) >= 11 is 0. The average Bonchev–Trinajstić information content (AvgIpc) is 3.34. The zero-order valence-electron chi connectivity index (χ0n) is 17.5. The molecule has 3 atom stereocenters. The summed E-state index contributed by atoms with van der Waals surface area (Å²) in [6.45, 7) is 5.20. The highest BCUT2D eigenvalue weighted by Crippen LogP contribution is 2.29. The van der Waals surface area contributed by atoms with E-state index >= 15 is 0 Å². The van der Waals surface area contributed by atoms with Gasteiger partial charge < -0.3 is 9.73 Å². The maximum Gasteiger partial charge on any atom is 0.420 e. The van der Waals surface area contributed by atoms with Gasteiger partial charge in [0, 0.05) is 25.2 Å². The fourth-order valence-corrected chi connectivity index (χ4v) is 6.15. The number of hydrogen-bond acceptors (Lipinski definition) is 5. The van der Waals surface area contributed by atoms with E-state index in [1.807, 2.05) is 0 Å². The molecule has 0 radical (unpaired) electrons. The van der Waals surface area contributed by atoms with Crippen LogP contribution >= 0.6 is 0 Å². The third-order valence-electron chi connectivity index (χ3n) is 6.70. The Hall–Kier alpha value is -2.13. The van der Waals surface area contributed by atoms with Crippen LogP contribution in [0.15, 0.2) is 32.3 Å². The highest BCUT2D eigenvalue weighted by atomic mass is 32.2. The highest BCUT2D eigenvalue weighted by Gasteiger charge is 2.30. The van der Waals surface area contributed by atoms with Gasteiger partial charge in [0.15, 0.2) is 5.58 Å². The smallest absolute Gasteiger partial charge is 0.408 e. The number of oxazole rings is 1. The van der Waals surface area contributed by atoms with Gasteiger partial charge in [-0.2, -0.15) is 4.31 Å². The molecular weight excluding hydrogens is 406 g/mol. The quantitative estimate of drug-likeness (QED) is 0.777. The Kier molecular flexibility index (Phi) is 5.76. The lowest BCUT2D eigenvalue weighted by molar-refractivity contribution is -0.123. The molecule has 1 aromatic heterocycles. The van der Waals surface area contributed by atoms with Crippen LogP contribution in [-0.2, 0) is 21.4 Å². The molecule has 2 aliphatic rings. The molecule has 2 heterocycles. The van der Waals surface area contributed by atoms with E-state index in [0.717, 1.165) is 25.7 Å². The summed E-state index contributed by atoms with van der Waals surface area (Å²) in [5.74, 6) is 0.0387. The number of aromatic nitrogens is 1. The SMILES string of the molecule is C[C@H]1[C@H](C)CCC[C@@H]1NC(=O)Cn1c(=O)oc2cc(S(=O)(=O)N3CCCC3)ccc21. The van der Waals surface area contributed by atoms with E-state index in [0.29, 0.717) is 30.4 Å². The fraction of sp³-hybridized carbons (Fsp3) is 0.619. The van der Waals surface area contributed by atoms with Crippen molar-refractivity contribution in [2.75, 3.05) is 13.1 Å². The summed E-state index contributed by atoms with van der Waals surface area (Å²) in [6, 6.07) is 4.50. The number of fused-ring (bicyclic) bond motifs is 1. The highest BCUT2D eigenvalue weighted by molar-refractivity contribution is 7.89. The van der Waals surface area contributed by atoms with Gasteiger partial charge in [0.2, 0.25) is 15.9 Å². The molecule has 1 saturated heterocycles. The second-order valence-electron chi connectivity index (χ2n) is 8.64. The molecule has 2 fully saturated rings. The Bertz CT molecular complexity index is 1100. The summed E-state index contributed by atoms with van der Waals surface area (Å²) < 4.78 is 33.5. The largest absolute Gasteiger partial charge is 0.420 e. The van der Waals surface area contributed by atoms with Crippen LogP contribution < -0.4 is 11.1 Å². The van der Waals surface area contributed by atoms with Crippen LogP contribution in [0.5, 0.6) is 0 Å². The van der Waals surface area contributed by atoms with E-state index in [4.69, 9.17) is 4.42 Å². The maximum atomic E-state index is 12.8.